The molecule has 14 heavy (non-hydrogen) atoms. The first-order chi connectivity index (χ1) is 6.72. The van der Waals surface area contributed by atoms with E-state index in [2.05, 4.69) is 31.2 Å². The molecule has 0 aliphatic rings. The summed E-state index contributed by atoms with van der Waals surface area (Å²) in [4.78, 5) is 8.19. The number of aliphatic hydroxyl groups excluding tert-OH is 1. The van der Waals surface area contributed by atoms with Gasteiger partial charge in [-0.25, -0.2) is 9.97 Å². The van der Waals surface area contributed by atoms with Gasteiger partial charge in [-0.2, -0.15) is 0 Å². The van der Waals surface area contributed by atoms with Gasteiger partial charge in [0.15, 0.2) is 0 Å². The third-order valence-corrected chi connectivity index (χ3v) is 2.20. The summed E-state index contributed by atoms with van der Waals surface area (Å²) in [5, 5.41) is 11.8. The Kier molecular flexibility index (Phi) is 4.82. The predicted octanol–water partition coefficient (Wildman–Crippen LogP) is 1.81. The van der Waals surface area contributed by atoms with Crippen molar-refractivity contribution in [1.29, 1.82) is 0 Å². The molecule has 1 aromatic heterocycles. The average Bonchev–Trinajstić information content (AvgIpc) is 2.18. The Morgan fingerprint density at radius 2 is 2.14 bits per heavy atom. The van der Waals surface area contributed by atoms with Crippen LogP contribution in [0.2, 0.25) is 0 Å². The molecule has 1 rings (SSSR count). The molecule has 4 nitrogen and oxygen atoms in total. The zero-order chi connectivity index (χ0) is 10.4. The lowest BCUT2D eigenvalue weighted by Crippen LogP contribution is -2.17. The molecule has 0 aliphatic carbocycles. The van der Waals surface area contributed by atoms with E-state index in [4.69, 9.17) is 5.11 Å². The average molecular weight is 260 g/mol. The number of halogens is 1. The molecule has 0 aliphatic heterocycles. The number of anilines is 1. The normalized spacial score (nSPS) is 12.5. The molecule has 0 aromatic carbocycles. The highest BCUT2D eigenvalue weighted by Gasteiger charge is 2.02. The fraction of sp³-hybridized carbons (Fsp3) is 0.556. The van der Waals surface area contributed by atoms with E-state index in [1.54, 1.807) is 12.4 Å². The molecular formula is C9H14BrN3O. The lowest BCUT2D eigenvalue weighted by Gasteiger charge is -2.12. The molecule has 1 aromatic rings. The summed E-state index contributed by atoms with van der Waals surface area (Å²) in [5.74, 6) is 0.624. The monoisotopic (exact) mass is 259 g/mol. The summed E-state index contributed by atoms with van der Waals surface area (Å²) in [6.45, 7) is 2.27. The van der Waals surface area contributed by atoms with Crippen LogP contribution in [0.15, 0.2) is 16.9 Å². The number of hydrogen-bond acceptors (Lipinski definition) is 4. The fourth-order valence-electron chi connectivity index (χ4n) is 1.08. The molecule has 1 unspecified atom stereocenters. The van der Waals surface area contributed by atoms with Gasteiger partial charge in [0.05, 0.1) is 4.47 Å². The lowest BCUT2D eigenvalue weighted by molar-refractivity contribution is 0.282. The summed E-state index contributed by atoms with van der Waals surface area (Å²) < 4.78 is 0.867. The largest absolute Gasteiger partial charge is 0.396 e. The number of hydrogen-bond donors (Lipinski definition) is 2. The predicted molar refractivity (Wildman–Crippen MR) is 59.1 cm³/mol. The Bertz CT molecular complexity index is 265. The SMILES string of the molecule is CC(CCCO)Nc1ncc(Br)cn1. The highest BCUT2D eigenvalue weighted by atomic mass is 79.9. The van der Waals surface area contributed by atoms with Crippen LogP contribution in [0.5, 0.6) is 0 Å². The van der Waals surface area contributed by atoms with Gasteiger partial charge in [-0.1, -0.05) is 0 Å². The minimum absolute atomic E-state index is 0.229. The molecule has 0 amide bonds. The first-order valence-electron chi connectivity index (χ1n) is 4.57. The maximum absolute atomic E-state index is 8.65. The number of aliphatic hydroxyl groups is 1. The van der Waals surface area contributed by atoms with E-state index in [-0.39, 0.29) is 12.6 Å². The van der Waals surface area contributed by atoms with Crippen LogP contribution < -0.4 is 5.32 Å². The van der Waals surface area contributed by atoms with Crippen LogP contribution >= 0.6 is 15.9 Å². The lowest BCUT2D eigenvalue weighted by atomic mass is 10.2. The molecule has 1 atom stereocenters. The Balaban J connectivity index is 2.39. The molecule has 0 radical (unpaired) electrons. The van der Waals surface area contributed by atoms with Gasteiger partial charge in [0, 0.05) is 25.0 Å². The summed E-state index contributed by atoms with van der Waals surface area (Å²) in [5.41, 5.74) is 0. The van der Waals surface area contributed by atoms with Gasteiger partial charge >= 0.3 is 0 Å². The zero-order valence-electron chi connectivity index (χ0n) is 8.07. The molecule has 0 fully saturated rings. The van der Waals surface area contributed by atoms with Crippen LogP contribution in [0.25, 0.3) is 0 Å². The van der Waals surface area contributed by atoms with Crippen molar-refractivity contribution in [3.63, 3.8) is 0 Å². The second kappa shape index (κ2) is 5.93. The van der Waals surface area contributed by atoms with Crippen molar-refractivity contribution in [3.8, 4) is 0 Å². The summed E-state index contributed by atoms with van der Waals surface area (Å²) in [6, 6.07) is 0.281. The van der Waals surface area contributed by atoms with Crippen LogP contribution in [0.4, 0.5) is 5.95 Å². The zero-order valence-corrected chi connectivity index (χ0v) is 9.66. The molecule has 1 heterocycles. The molecular weight excluding hydrogens is 246 g/mol. The van der Waals surface area contributed by atoms with E-state index in [9.17, 15) is 0 Å². The van der Waals surface area contributed by atoms with Crippen molar-refractivity contribution < 1.29 is 5.11 Å². The minimum Gasteiger partial charge on any atom is -0.396 e. The van der Waals surface area contributed by atoms with E-state index >= 15 is 0 Å². The highest BCUT2D eigenvalue weighted by Crippen LogP contribution is 2.08. The standard InChI is InChI=1S/C9H14BrN3O/c1-7(3-2-4-14)13-9-11-5-8(10)6-12-9/h5-7,14H,2-4H2,1H3,(H,11,12,13). The topological polar surface area (TPSA) is 58.0 Å². The van der Waals surface area contributed by atoms with Crippen molar-refractivity contribution >= 4 is 21.9 Å². The first kappa shape index (κ1) is 11.4. The van der Waals surface area contributed by atoms with Crippen LogP contribution in [-0.4, -0.2) is 27.7 Å². The van der Waals surface area contributed by atoms with Gasteiger partial charge < -0.3 is 10.4 Å². The van der Waals surface area contributed by atoms with Crippen LogP contribution in [0, 0.1) is 0 Å². The van der Waals surface area contributed by atoms with Crippen molar-refractivity contribution in [2.75, 3.05) is 11.9 Å². The summed E-state index contributed by atoms with van der Waals surface area (Å²) in [6.07, 6.45) is 5.11. The van der Waals surface area contributed by atoms with Crippen LogP contribution in [-0.2, 0) is 0 Å². The van der Waals surface area contributed by atoms with E-state index in [0.717, 1.165) is 17.3 Å². The van der Waals surface area contributed by atoms with E-state index in [1.807, 2.05) is 6.92 Å². The second-order valence-electron chi connectivity index (χ2n) is 3.14. The number of aromatic nitrogens is 2. The van der Waals surface area contributed by atoms with Crippen molar-refractivity contribution in [1.82, 2.24) is 9.97 Å². The smallest absolute Gasteiger partial charge is 0.222 e. The van der Waals surface area contributed by atoms with Crippen molar-refractivity contribution in [3.05, 3.63) is 16.9 Å². The van der Waals surface area contributed by atoms with Gasteiger partial charge in [-0.15, -0.1) is 0 Å². The third kappa shape index (κ3) is 4.02. The molecule has 0 spiro atoms. The maximum atomic E-state index is 8.65. The second-order valence-corrected chi connectivity index (χ2v) is 4.05. The summed E-state index contributed by atoms with van der Waals surface area (Å²) in [7, 11) is 0. The Hall–Kier alpha value is -0.680. The molecule has 2 N–H and O–H groups in total. The Morgan fingerprint density at radius 3 is 2.71 bits per heavy atom. The van der Waals surface area contributed by atoms with Gasteiger partial charge in [-0.05, 0) is 35.7 Å². The molecule has 78 valence electrons. The van der Waals surface area contributed by atoms with Gasteiger partial charge in [-0.3, -0.25) is 0 Å². The van der Waals surface area contributed by atoms with Gasteiger partial charge in [0.25, 0.3) is 0 Å². The number of rotatable bonds is 5. The molecule has 0 saturated carbocycles. The molecule has 5 heteroatoms. The minimum atomic E-state index is 0.229. The molecule has 0 saturated heterocycles. The van der Waals surface area contributed by atoms with Gasteiger partial charge in [0.1, 0.15) is 0 Å². The van der Waals surface area contributed by atoms with Crippen LogP contribution in [0.3, 0.4) is 0 Å². The Morgan fingerprint density at radius 1 is 1.50 bits per heavy atom. The number of nitrogens with zero attached hydrogens (tertiary/aromatic N) is 2. The maximum Gasteiger partial charge on any atom is 0.222 e. The number of nitrogens with one attached hydrogen (secondary N) is 1. The third-order valence-electron chi connectivity index (χ3n) is 1.79. The van der Waals surface area contributed by atoms with Crippen molar-refractivity contribution in [2.24, 2.45) is 0 Å². The van der Waals surface area contributed by atoms with E-state index in [0.29, 0.717) is 5.95 Å². The van der Waals surface area contributed by atoms with Crippen molar-refractivity contribution in [2.45, 2.75) is 25.8 Å². The Labute approximate surface area is 91.9 Å². The quantitative estimate of drug-likeness (QED) is 0.847. The van der Waals surface area contributed by atoms with E-state index in [1.165, 1.54) is 0 Å². The van der Waals surface area contributed by atoms with E-state index < -0.39 is 0 Å². The molecule has 0 bridgehead atoms. The fourth-order valence-corrected chi connectivity index (χ4v) is 1.28. The highest BCUT2D eigenvalue weighted by molar-refractivity contribution is 9.10. The first-order valence-corrected chi connectivity index (χ1v) is 5.36. The summed E-state index contributed by atoms with van der Waals surface area (Å²) >= 11 is 3.27. The van der Waals surface area contributed by atoms with Crippen LogP contribution in [0.1, 0.15) is 19.8 Å². The van der Waals surface area contributed by atoms with Gasteiger partial charge in [0.2, 0.25) is 5.95 Å².